The summed E-state index contributed by atoms with van der Waals surface area (Å²) in [5.41, 5.74) is 3.30. The molecule has 34 heavy (non-hydrogen) atoms. The van der Waals surface area contributed by atoms with Crippen molar-refractivity contribution in [3.8, 4) is 11.5 Å². The lowest BCUT2D eigenvalue weighted by Gasteiger charge is -2.20. The second-order valence-corrected chi connectivity index (χ2v) is 9.21. The Morgan fingerprint density at radius 1 is 1.06 bits per heavy atom. The van der Waals surface area contributed by atoms with E-state index in [1.54, 1.807) is 36.4 Å². The average Bonchev–Trinajstić information content (AvgIpc) is 3.29. The molecular weight excluding hydrogens is 470 g/mol. The zero-order valence-corrected chi connectivity index (χ0v) is 20.5. The lowest BCUT2D eigenvalue weighted by Crippen LogP contribution is -2.39. The van der Waals surface area contributed by atoms with E-state index in [0.29, 0.717) is 26.4 Å². The van der Waals surface area contributed by atoms with Gasteiger partial charge in [0.2, 0.25) is 0 Å². The van der Waals surface area contributed by atoms with Crippen LogP contribution in [0, 0.1) is 13.8 Å². The number of methoxy groups -OCH3 is 1. The van der Waals surface area contributed by atoms with Crippen molar-refractivity contribution in [2.75, 3.05) is 24.0 Å². The highest BCUT2D eigenvalue weighted by molar-refractivity contribution is 8.27. The number of hydrogen-bond donors (Lipinski definition) is 1. The Labute approximate surface area is 207 Å². The molecule has 0 aliphatic carbocycles. The molecule has 7 nitrogen and oxygen atoms in total. The van der Waals surface area contributed by atoms with Crippen molar-refractivity contribution < 1.29 is 19.1 Å². The third kappa shape index (κ3) is 5.00. The molecule has 1 aliphatic heterocycles. The number of rotatable bonds is 7. The number of aromatic nitrogens is 1. The monoisotopic (exact) mass is 493 g/mol. The third-order valence-corrected chi connectivity index (χ3v) is 6.39. The first kappa shape index (κ1) is 23.6. The summed E-state index contributed by atoms with van der Waals surface area (Å²) in [4.78, 5) is 25.8. The third-order valence-electron chi connectivity index (χ3n) is 5.11. The molecule has 0 radical (unpaired) electrons. The maximum atomic E-state index is 13.1. The molecule has 174 valence electrons. The molecule has 2 aromatic carbocycles. The van der Waals surface area contributed by atoms with Crippen LogP contribution in [0.4, 0.5) is 5.69 Å². The minimum Gasteiger partial charge on any atom is -0.493 e. The number of para-hydroxylation sites is 1. The van der Waals surface area contributed by atoms with Crippen molar-refractivity contribution in [1.29, 1.82) is 0 Å². The quantitative estimate of drug-likeness (QED) is 0.381. The van der Waals surface area contributed by atoms with E-state index in [1.165, 1.54) is 23.9 Å². The molecule has 0 bridgehead atoms. The molecule has 0 unspecified atom stereocenters. The fourth-order valence-corrected chi connectivity index (χ4v) is 4.76. The van der Waals surface area contributed by atoms with Crippen LogP contribution < -0.4 is 19.8 Å². The number of carbonyl (C=O) groups excluding carboxylic acids is 2. The van der Waals surface area contributed by atoms with Crippen LogP contribution in [0.25, 0.3) is 6.08 Å². The molecule has 2 heterocycles. The van der Waals surface area contributed by atoms with Crippen LogP contribution >= 0.6 is 24.0 Å². The first-order valence-electron chi connectivity index (χ1n) is 10.5. The van der Waals surface area contributed by atoms with Crippen LogP contribution in [0.2, 0.25) is 0 Å². The molecule has 1 N–H and O–H groups in total. The second-order valence-electron chi connectivity index (χ2n) is 7.53. The van der Waals surface area contributed by atoms with Crippen molar-refractivity contribution in [3.63, 3.8) is 0 Å². The fraction of sp³-hybridized carbons (Fsp3) is 0.160. The number of nitrogens with zero attached hydrogens (tertiary/aromatic N) is 2. The SMILES string of the molecule is COc1cc(/C=C2\SC(=S)N(n3c(C)ccc3C)C2=O)ccc1OCC(=O)Nc1ccccc1. The second kappa shape index (κ2) is 10.1. The van der Waals surface area contributed by atoms with Crippen LogP contribution in [0.15, 0.2) is 65.6 Å². The van der Waals surface area contributed by atoms with Gasteiger partial charge in [0.05, 0.1) is 12.0 Å². The first-order valence-corrected chi connectivity index (χ1v) is 11.7. The fourth-order valence-electron chi connectivity index (χ4n) is 3.51. The molecule has 1 fully saturated rings. The predicted octanol–water partition coefficient (Wildman–Crippen LogP) is 4.67. The van der Waals surface area contributed by atoms with Crippen LogP contribution in [0.5, 0.6) is 11.5 Å². The molecular formula is C25H23N3O4S2. The van der Waals surface area contributed by atoms with Gasteiger partial charge in [0.25, 0.3) is 11.8 Å². The number of nitrogens with one attached hydrogen (secondary N) is 1. The smallest absolute Gasteiger partial charge is 0.285 e. The van der Waals surface area contributed by atoms with Crippen molar-refractivity contribution in [2.24, 2.45) is 0 Å². The number of thiocarbonyl (C=S) groups is 1. The van der Waals surface area contributed by atoms with Crippen LogP contribution in [0.3, 0.4) is 0 Å². The summed E-state index contributed by atoms with van der Waals surface area (Å²) in [6.07, 6.45) is 1.77. The summed E-state index contributed by atoms with van der Waals surface area (Å²) in [7, 11) is 1.52. The molecule has 2 amide bonds. The number of aryl methyl sites for hydroxylation is 2. The van der Waals surface area contributed by atoms with Gasteiger partial charge >= 0.3 is 0 Å². The highest BCUT2D eigenvalue weighted by atomic mass is 32.2. The number of anilines is 1. The Bertz CT molecular complexity index is 1270. The minimum atomic E-state index is -0.281. The molecule has 1 aromatic heterocycles. The topological polar surface area (TPSA) is 72.8 Å². The van der Waals surface area contributed by atoms with Gasteiger partial charge in [0, 0.05) is 17.1 Å². The molecule has 0 spiro atoms. The van der Waals surface area contributed by atoms with Crippen LogP contribution in [-0.4, -0.2) is 34.5 Å². The van der Waals surface area contributed by atoms with Crippen molar-refractivity contribution in [2.45, 2.75) is 13.8 Å². The maximum Gasteiger partial charge on any atom is 0.285 e. The van der Waals surface area contributed by atoms with Gasteiger partial charge in [-0.3, -0.25) is 14.3 Å². The zero-order valence-electron chi connectivity index (χ0n) is 18.9. The average molecular weight is 494 g/mol. The molecule has 0 saturated carbocycles. The highest BCUT2D eigenvalue weighted by Gasteiger charge is 2.34. The number of amides is 2. The summed E-state index contributed by atoms with van der Waals surface area (Å²) < 4.78 is 13.4. The van der Waals surface area contributed by atoms with E-state index < -0.39 is 0 Å². The molecule has 9 heteroatoms. The van der Waals surface area contributed by atoms with Gasteiger partial charge in [-0.2, -0.15) is 5.01 Å². The van der Waals surface area contributed by atoms with Crippen molar-refractivity contribution >= 4 is 51.9 Å². The number of ether oxygens (including phenoxy) is 2. The van der Waals surface area contributed by atoms with Gasteiger partial charge in [-0.15, -0.1) is 0 Å². The van der Waals surface area contributed by atoms with Crippen LogP contribution in [-0.2, 0) is 9.59 Å². The Morgan fingerprint density at radius 2 is 1.76 bits per heavy atom. The van der Waals surface area contributed by atoms with Gasteiger partial charge in [-0.1, -0.05) is 36.0 Å². The number of benzene rings is 2. The zero-order chi connectivity index (χ0) is 24.2. The van der Waals surface area contributed by atoms with E-state index >= 15 is 0 Å². The Balaban J connectivity index is 1.47. The Morgan fingerprint density at radius 3 is 2.44 bits per heavy atom. The van der Waals surface area contributed by atoms with E-state index in [2.05, 4.69) is 5.32 Å². The predicted molar refractivity (Wildman–Crippen MR) is 139 cm³/mol. The molecule has 1 aliphatic rings. The summed E-state index contributed by atoms with van der Waals surface area (Å²) in [5.74, 6) is 0.411. The number of thioether (sulfide) groups is 1. The molecule has 3 aromatic rings. The van der Waals surface area contributed by atoms with Gasteiger partial charge in [0.1, 0.15) is 0 Å². The minimum absolute atomic E-state index is 0.168. The molecule has 4 rings (SSSR count). The molecule has 0 atom stereocenters. The lowest BCUT2D eigenvalue weighted by atomic mass is 10.2. The van der Waals surface area contributed by atoms with E-state index in [4.69, 9.17) is 21.7 Å². The van der Waals surface area contributed by atoms with E-state index in [-0.39, 0.29) is 18.4 Å². The summed E-state index contributed by atoms with van der Waals surface area (Å²) >= 11 is 6.73. The van der Waals surface area contributed by atoms with E-state index in [9.17, 15) is 9.59 Å². The van der Waals surface area contributed by atoms with Gasteiger partial charge in [-0.05, 0) is 74.1 Å². The normalized spacial score (nSPS) is 14.6. The summed E-state index contributed by atoms with van der Waals surface area (Å²) in [5, 5.41) is 4.28. The van der Waals surface area contributed by atoms with E-state index in [1.807, 2.05) is 48.9 Å². The van der Waals surface area contributed by atoms with Gasteiger partial charge < -0.3 is 14.8 Å². The van der Waals surface area contributed by atoms with Crippen LogP contribution in [0.1, 0.15) is 17.0 Å². The standard InChI is InChI=1S/C25H23N3O4S2/c1-16-9-10-17(2)27(16)28-24(30)22(34-25(28)33)14-18-11-12-20(21(13-18)31-3)32-15-23(29)26-19-7-5-4-6-8-19/h4-14H,15H2,1-3H3,(H,26,29)/b22-14-. The van der Waals surface area contributed by atoms with E-state index in [0.717, 1.165) is 17.0 Å². The van der Waals surface area contributed by atoms with Crippen molar-refractivity contribution in [1.82, 2.24) is 4.68 Å². The maximum absolute atomic E-state index is 13.1. The Hall–Kier alpha value is -3.56. The van der Waals surface area contributed by atoms with Gasteiger partial charge in [0.15, 0.2) is 22.4 Å². The number of carbonyl (C=O) groups is 2. The highest BCUT2D eigenvalue weighted by Crippen LogP contribution is 2.35. The molecule has 1 saturated heterocycles. The summed E-state index contributed by atoms with van der Waals surface area (Å²) in [6.45, 7) is 3.69. The van der Waals surface area contributed by atoms with Gasteiger partial charge in [-0.25, -0.2) is 0 Å². The Kier molecular flexibility index (Phi) is 7.04. The first-order chi connectivity index (χ1) is 16.4. The largest absolute Gasteiger partial charge is 0.493 e. The summed E-state index contributed by atoms with van der Waals surface area (Å²) in [6, 6.07) is 18.3. The lowest BCUT2D eigenvalue weighted by molar-refractivity contribution is -0.118. The number of hydrogen-bond acceptors (Lipinski definition) is 6. The van der Waals surface area contributed by atoms with Crippen molar-refractivity contribution in [3.05, 3.63) is 82.5 Å².